The van der Waals surface area contributed by atoms with Crippen molar-refractivity contribution in [2.45, 2.75) is 0 Å². The van der Waals surface area contributed by atoms with Crippen LogP contribution in [0.1, 0.15) is 15.9 Å². The number of aromatic nitrogens is 1. The van der Waals surface area contributed by atoms with Crippen LogP contribution >= 0.6 is 23.2 Å². The van der Waals surface area contributed by atoms with E-state index in [9.17, 15) is 4.79 Å². The molecule has 160 valence electrons. The largest absolute Gasteiger partial charge is 0.378 e. The molecular weight excluding hydrogens is 443 g/mol. The summed E-state index contributed by atoms with van der Waals surface area (Å²) >= 11 is 12.2. The van der Waals surface area contributed by atoms with Crippen molar-refractivity contribution in [3.05, 3.63) is 94.0 Å². The highest BCUT2D eigenvalue weighted by Gasteiger charge is 2.14. The minimum atomic E-state index is -0.328. The van der Waals surface area contributed by atoms with Gasteiger partial charge in [0.1, 0.15) is 0 Å². The van der Waals surface area contributed by atoms with Crippen LogP contribution in [0.2, 0.25) is 10.0 Å². The van der Waals surface area contributed by atoms with Crippen molar-refractivity contribution in [2.24, 2.45) is 5.10 Å². The normalized spacial score (nSPS) is 11.1. The smallest absolute Gasteiger partial charge is 0.272 e. The van der Waals surface area contributed by atoms with Gasteiger partial charge in [0.2, 0.25) is 0 Å². The van der Waals surface area contributed by atoms with Gasteiger partial charge < -0.3 is 4.90 Å². The van der Waals surface area contributed by atoms with Gasteiger partial charge in [-0.15, -0.1) is 0 Å². The first-order valence-corrected chi connectivity index (χ1v) is 10.6. The zero-order valence-electron chi connectivity index (χ0n) is 17.5. The number of anilines is 1. The predicted octanol–water partition coefficient (Wildman–Crippen LogP) is 6.04. The molecule has 0 saturated carbocycles. The Morgan fingerprint density at radius 3 is 2.44 bits per heavy atom. The van der Waals surface area contributed by atoms with Gasteiger partial charge in [0.25, 0.3) is 5.91 Å². The molecule has 0 bridgehead atoms. The van der Waals surface area contributed by atoms with Crippen LogP contribution in [0.4, 0.5) is 5.69 Å². The highest BCUT2D eigenvalue weighted by Crippen LogP contribution is 2.30. The number of nitrogens with one attached hydrogen (secondary N) is 1. The molecule has 0 saturated heterocycles. The second kappa shape index (κ2) is 9.39. The standard InChI is InChI=1S/C25H20Cl2N4O/c1-31(2)18-10-7-16(8-11-18)15-28-30-25(32)20-14-24(17-9-12-21(26)22(27)13-17)29-23-6-4-3-5-19(20)23/h3-15H,1-2H3,(H,30,32)/b28-15+. The molecule has 1 amide bonds. The number of para-hydroxylation sites is 1. The average Bonchev–Trinajstić information content (AvgIpc) is 2.80. The lowest BCUT2D eigenvalue weighted by Crippen LogP contribution is -2.18. The quantitative estimate of drug-likeness (QED) is 0.290. The Bertz CT molecular complexity index is 1320. The van der Waals surface area contributed by atoms with Gasteiger partial charge in [-0.3, -0.25) is 4.79 Å². The van der Waals surface area contributed by atoms with Gasteiger partial charge >= 0.3 is 0 Å². The van der Waals surface area contributed by atoms with Crippen molar-refractivity contribution in [3.63, 3.8) is 0 Å². The Morgan fingerprint density at radius 2 is 1.72 bits per heavy atom. The maximum absolute atomic E-state index is 13.0. The maximum Gasteiger partial charge on any atom is 0.272 e. The number of benzene rings is 3. The lowest BCUT2D eigenvalue weighted by atomic mass is 10.0. The number of nitrogens with zero attached hydrogens (tertiary/aromatic N) is 3. The van der Waals surface area contributed by atoms with E-state index in [0.29, 0.717) is 26.8 Å². The summed E-state index contributed by atoms with van der Waals surface area (Å²) in [5, 5.41) is 5.75. The van der Waals surface area contributed by atoms with E-state index in [2.05, 4.69) is 15.5 Å². The summed E-state index contributed by atoms with van der Waals surface area (Å²) < 4.78 is 0. The molecule has 3 aromatic carbocycles. The molecule has 0 fully saturated rings. The van der Waals surface area contributed by atoms with Crippen molar-refractivity contribution >= 4 is 51.9 Å². The van der Waals surface area contributed by atoms with Crippen molar-refractivity contribution in [3.8, 4) is 11.3 Å². The number of carbonyl (C=O) groups excluding carboxylic acids is 1. The van der Waals surface area contributed by atoms with Gasteiger partial charge in [0.05, 0.1) is 33.0 Å². The molecule has 0 radical (unpaired) electrons. The van der Waals surface area contributed by atoms with Gasteiger partial charge in [-0.2, -0.15) is 5.10 Å². The van der Waals surface area contributed by atoms with Gasteiger partial charge in [-0.05, 0) is 42.0 Å². The van der Waals surface area contributed by atoms with E-state index in [1.165, 1.54) is 0 Å². The van der Waals surface area contributed by atoms with E-state index in [-0.39, 0.29) is 5.91 Å². The molecular formula is C25H20Cl2N4O. The Hall–Kier alpha value is -3.41. The van der Waals surface area contributed by atoms with Crippen molar-refractivity contribution in [1.82, 2.24) is 10.4 Å². The molecule has 1 heterocycles. The summed E-state index contributed by atoms with van der Waals surface area (Å²) in [5.41, 5.74) is 7.15. The summed E-state index contributed by atoms with van der Waals surface area (Å²) in [4.78, 5) is 19.7. The molecule has 4 rings (SSSR count). The molecule has 0 unspecified atom stereocenters. The third-order valence-electron chi connectivity index (χ3n) is 4.97. The zero-order chi connectivity index (χ0) is 22.7. The maximum atomic E-state index is 13.0. The van der Waals surface area contributed by atoms with E-state index >= 15 is 0 Å². The number of carbonyl (C=O) groups is 1. The van der Waals surface area contributed by atoms with E-state index in [1.54, 1.807) is 24.4 Å². The fourth-order valence-electron chi connectivity index (χ4n) is 3.25. The van der Waals surface area contributed by atoms with Crippen LogP contribution in [0.5, 0.6) is 0 Å². The number of halogens is 2. The van der Waals surface area contributed by atoms with E-state index in [0.717, 1.165) is 22.2 Å². The second-order valence-corrected chi connectivity index (χ2v) is 8.20. The van der Waals surface area contributed by atoms with Crippen LogP contribution in [0.25, 0.3) is 22.2 Å². The summed E-state index contributed by atoms with van der Waals surface area (Å²) in [6.07, 6.45) is 1.61. The SMILES string of the molecule is CN(C)c1ccc(/C=N/NC(=O)c2cc(-c3ccc(Cl)c(Cl)c3)nc3ccccc23)cc1. The first kappa shape index (κ1) is 21.8. The number of pyridine rings is 1. The lowest BCUT2D eigenvalue weighted by molar-refractivity contribution is 0.0956. The molecule has 0 atom stereocenters. The van der Waals surface area contributed by atoms with Crippen LogP contribution in [0, 0.1) is 0 Å². The van der Waals surface area contributed by atoms with Crippen molar-refractivity contribution in [2.75, 3.05) is 19.0 Å². The minimum Gasteiger partial charge on any atom is -0.378 e. The van der Waals surface area contributed by atoms with Crippen LogP contribution in [0.15, 0.2) is 77.9 Å². The Labute approximate surface area is 196 Å². The molecule has 0 aliphatic heterocycles. The molecule has 1 aromatic heterocycles. The highest BCUT2D eigenvalue weighted by atomic mass is 35.5. The van der Waals surface area contributed by atoms with Gasteiger partial charge in [0.15, 0.2) is 0 Å². The number of hydrazone groups is 1. The van der Waals surface area contributed by atoms with Gasteiger partial charge in [0, 0.05) is 30.7 Å². The summed E-state index contributed by atoms with van der Waals surface area (Å²) in [6.45, 7) is 0. The molecule has 5 nitrogen and oxygen atoms in total. The van der Waals surface area contributed by atoms with Crippen LogP contribution < -0.4 is 10.3 Å². The number of amides is 1. The molecule has 4 aromatic rings. The number of hydrogen-bond acceptors (Lipinski definition) is 4. The fourth-order valence-corrected chi connectivity index (χ4v) is 3.55. The highest BCUT2D eigenvalue weighted by molar-refractivity contribution is 6.42. The lowest BCUT2D eigenvalue weighted by Gasteiger charge is -2.11. The van der Waals surface area contributed by atoms with Crippen molar-refractivity contribution in [1.29, 1.82) is 0 Å². The molecule has 0 aliphatic carbocycles. The van der Waals surface area contributed by atoms with Gasteiger partial charge in [-0.25, -0.2) is 10.4 Å². The number of hydrogen-bond donors (Lipinski definition) is 1. The topological polar surface area (TPSA) is 57.6 Å². The predicted molar refractivity (Wildman–Crippen MR) is 133 cm³/mol. The monoisotopic (exact) mass is 462 g/mol. The van der Waals surface area contributed by atoms with E-state index in [4.69, 9.17) is 23.2 Å². The molecule has 32 heavy (non-hydrogen) atoms. The molecule has 7 heteroatoms. The van der Waals surface area contributed by atoms with E-state index < -0.39 is 0 Å². The number of fused-ring (bicyclic) bond motifs is 1. The first-order valence-electron chi connectivity index (χ1n) is 9.88. The third kappa shape index (κ3) is 4.74. The Kier molecular flexibility index (Phi) is 6.40. The molecule has 1 N–H and O–H groups in total. The fraction of sp³-hybridized carbons (Fsp3) is 0.0800. The first-order chi connectivity index (χ1) is 15.4. The van der Waals surface area contributed by atoms with E-state index in [1.807, 2.05) is 73.6 Å². The molecule has 0 spiro atoms. The third-order valence-corrected chi connectivity index (χ3v) is 5.70. The van der Waals surface area contributed by atoms with Crippen LogP contribution in [0.3, 0.4) is 0 Å². The van der Waals surface area contributed by atoms with Crippen LogP contribution in [-0.2, 0) is 0 Å². The Balaban J connectivity index is 1.63. The number of rotatable bonds is 5. The Morgan fingerprint density at radius 1 is 0.969 bits per heavy atom. The summed E-state index contributed by atoms with van der Waals surface area (Å²) in [7, 11) is 3.96. The van der Waals surface area contributed by atoms with Gasteiger partial charge in [-0.1, -0.05) is 59.6 Å². The van der Waals surface area contributed by atoms with Crippen molar-refractivity contribution < 1.29 is 4.79 Å². The summed E-state index contributed by atoms with van der Waals surface area (Å²) in [5.74, 6) is -0.328. The molecule has 0 aliphatic rings. The summed E-state index contributed by atoms with van der Waals surface area (Å²) in [6, 6.07) is 22.3. The second-order valence-electron chi connectivity index (χ2n) is 7.39. The zero-order valence-corrected chi connectivity index (χ0v) is 19.0. The average molecular weight is 463 g/mol. The van der Waals surface area contributed by atoms with Crippen LogP contribution in [-0.4, -0.2) is 31.2 Å². The minimum absolute atomic E-state index is 0.328.